The molecule has 1 fully saturated rings. The average molecular weight is 388 g/mol. The zero-order valence-electron chi connectivity index (χ0n) is 16.5. The first-order valence-corrected chi connectivity index (χ1v) is 9.80. The largest absolute Gasteiger partial charge is 0.503 e. The van der Waals surface area contributed by atoms with Crippen molar-refractivity contribution in [3.8, 4) is 5.75 Å². The number of amides is 1. The highest BCUT2D eigenvalue weighted by atomic mass is 16.5. The van der Waals surface area contributed by atoms with Gasteiger partial charge in [-0.3, -0.25) is 14.5 Å². The smallest absolute Gasteiger partial charge is 0.290 e. The first-order chi connectivity index (χ1) is 13.5. The lowest BCUT2D eigenvalue weighted by molar-refractivity contribution is -0.129. The Balaban J connectivity index is 1.76. The lowest BCUT2D eigenvalue weighted by Gasteiger charge is -2.30. The molecule has 0 spiro atoms. The third-order valence-electron chi connectivity index (χ3n) is 5.17. The second-order valence-corrected chi connectivity index (χ2v) is 7.03. The second kappa shape index (κ2) is 9.21. The van der Waals surface area contributed by atoms with Crippen LogP contribution in [0.2, 0.25) is 0 Å². The molecule has 1 atom stereocenters. The molecular formula is C21H28N2O5. The third-order valence-corrected chi connectivity index (χ3v) is 5.17. The molecule has 0 aliphatic carbocycles. The standard InChI is InChI=1S/C21H28N2O5/c1-3-28-17-7-5-16(6-8-17)19-18(15(2)24)20(25)21(26)23(19)10-4-9-22-11-13-27-14-12-22/h5-8,19,25H,3-4,9-14H2,1-2H3/t19-/m1/s1. The molecule has 3 rings (SSSR count). The number of ether oxygens (including phenoxy) is 2. The minimum Gasteiger partial charge on any atom is -0.503 e. The van der Waals surface area contributed by atoms with Gasteiger partial charge in [-0.2, -0.15) is 0 Å². The Morgan fingerprint density at radius 1 is 1.21 bits per heavy atom. The number of aliphatic hydroxyl groups is 1. The predicted octanol–water partition coefficient (Wildman–Crippen LogP) is 2.09. The number of rotatable bonds is 8. The van der Waals surface area contributed by atoms with E-state index in [4.69, 9.17) is 9.47 Å². The fourth-order valence-corrected chi connectivity index (χ4v) is 3.79. The van der Waals surface area contributed by atoms with Crippen LogP contribution in [0.3, 0.4) is 0 Å². The minimum atomic E-state index is -0.564. The molecule has 28 heavy (non-hydrogen) atoms. The van der Waals surface area contributed by atoms with Gasteiger partial charge in [0.15, 0.2) is 11.5 Å². The maximum Gasteiger partial charge on any atom is 0.290 e. The van der Waals surface area contributed by atoms with E-state index in [1.807, 2.05) is 31.2 Å². The monoisotopic (exact) mass is 388 g/mol. The van der Waals surface area contributed by atoms with Crippen LogP contribution in [0.1, 0.15) is 31.9 Å². The number of carbonyl (C=O) groups excluding carboxylic acids is 2. The molecule has 152 valence electrons. The lowest BCUT2D eigenvalue weighted by atomic mass is 9.96. The molecule has 1 amide bonds. The number of hydrogen-bond donors (Lipinski definition) is 1. The summed E-state index contributed by atoms with van der Waals surface area (Å²) in [6.45, 7) is 8.41. The molecule has 0 bridgehead atoms. The van der Waals surface area contributed by atoms with Crippen molar-refractivity contribution in [1.82, 2.24) is 9.80 Å². The van der Waals surface area contributed by atoms with Crippen LogP contribution in [0.25, 0.3) is 0 Å². The van der Waals surface area contributed by atoms with Crippen molar-refractivity contribution in [3.63, 3.8) is 0 Å². The van der Waals surface area contributed by atoms with Gasteiger partial charge in [0.1, 0.15) is 5.75 Å². The summed E-state index contributed by atoms with van der Waals surface area (Å²) in [5.74, 6) is -0.476. The SMILES string of the molecule is CCOc1ccc([C@@H]2C(C(C)=O)=C(O)C(=O)N2CCCN2CCOCC2)cc1. The number of carbonyl (C=O) groups is 2. The van der Waals surface area contributed by atoms with E-state index in [1.165, 1.54) is 6.92 Å². The number of morpholine rings is 1. The van der Waals surface area contributed by atoms with Crippen molar-refractivity contribution in [2.75, 3.05) is 46.0 Å². The fourth-order valence-electron chi connectivity index (χ4n) is 3.79. The van der Waals surface area contributed by atoms with E-state index >= 15 is 0 Å². The zero-order valence-corrected chi connectivity index (χ0v) is 16.5. The summed E-state index contributed by atoms with van der Waals surface area (Å²) < 4.78 is 10.8. The first kappa shape index (κ1) is 20.4. The maximum atomic E-state index is 12.7. The Hall–Kier alpha value is -2.38. The van der Waals surface area contributed by atoms with Gasteiger partial charge in [-0.25, -0.2) is 0 Å². The Morgan fingerprint density at radius 2 is 1.89 bits per heavy atom. The van der Waals surface area contributed by atoms with E-state index in [-0.39, 0.29) is 11.4 Å². The van der Waals surface area contributed by atoms with Gasteiger partial charge in [0.2, 0.25) is 0 Å². The Kier molecular flexibility index (Phi) is 6.70. The molecule has 7 nitrogen and oxygen atoms in total. The van der Waals surface area contributed by atoms with Crippen molar-refractivity contribution >= 4 is 11.7 Å². The van der Waals surface area contributed by atoms with Crippen LogP contribution < -0.4 is 4.74 Å². The zero-order chi connectivity index (χ0) is 20.1. The van der Waals surface area contributed by atoms with Gasteiger partial charge >= 0.3 is 0 Å². The summed E-state index contributed by atoms with van der Waals surface area (Å²) in [5.41, 5.74) is 0.956. The molecule has 2 aliphatic rings. The Morgan fingerprint density at radius 3 is 2.50 bits per heavy atom. The van der Waals surface area contributed by atoms with E-state index in [2.05, 4.69) is 4.90 Å². The second-order valence-electron chi connectivity index (χ2n) is 7.03. The van der Waals surface area contributed by atoms with Crippen molar-refractivity contribution in [2.24, 2.45) is 0 Å². The summed E-state index contributed by atoms with van der Waals surface area (Å²) in [4.78, 5) is 28.7. The predicted molar refractivity (Wildman–Crippen MR) is 104 cm³/mol. The van der Waals surface area contributed by atoms with Crippen molar-refractivity contribution in [2.45, 2.75) is 26.3 Å². The Bertz CT molecular complexity index is 738. The van der Waals surface area contributed by atoms with Crippen LogP contribution in [0.15, 0.2) is 35.6 Å². The van der Waals surface area contributed by atoms with E-state index in [0.717, 1.165) is 50.6 Å². The topological polar surface area (TPSA) is 79.3 Å². The van der Waals surface area contributed by atoms with Crippen LogP contribution in [0, 0.1) is 0 Å². The van der Waals surface area contributed by atoms with Crippen LogP contribution in [-0.2, 0) is 14.3 Å². The highest BCUT2D eigenvalue weighted by Gasteiger charge is 2.42. The lowest BCUT2D eigenvalue weighted by Crippen LogP contribution is -2.39. The molecule has 0 saturated carbocycles. The quantitative estimate of drug-likeness (QED) is 0.735. The van der Waals surface area contributed by atoms with Gasteiger partial charge in [-0.05, 0) is 38.0 Å². The fraction of sp³-hybridized carbons (Fsp3) is 0.524. The van der Waals surface area contributed by atoms with Gasteiger partial charge in [0.25, 0.3) is 5.91 Å². The van der Waals surface area contributed by atoms with Crippen LogP contribution in [0.5, 0.6) is 5.75 Å². The first-order valence-electron chi connectivity index (χ1n) is 9.80. The summed E-state index contributed by atoms with van der Waals surface area (Å²) in [6.07, 6.45) is 0.762. The third kappa shape index (κ3) is 4.36. The normalized spacial score (nSPS) is 20.7. The molecule has 7 heteroatoms. The number of benzene rings is 1. The molecule has 1 aromatic rings. The molecule has 2 aliphatic heterocycles. The summed E-state index contributed by atoms with van der Waals surface area (Å²) in [5, 5.41) is 10.3. The summed E-state index contributed by atoms with van der Waals surface area (Å²) >= 11 is 0. The number of Topliss-reactive ketones (excluding diaryl/α,β-unsaturated/α-hetero) is 1. The molecule has 1 saturated heterocycles. The molecule has 1 N–H and O–H groups in total. The van der Waals surface area contributed by atoms with Gasteiger partial charge in [-0.1, -0.05) is 12.1 Å². The van der Waals surface area contributed by atoms with E-state index in [1.54, 1.807) is 4.90 Å². The van der Waals surface area contributed by atoms with Crippen molar-refractivity contribution in [1.29, 1.82) is 0 Å². The molecule has 0 aromatic heterocycles. The van der Waals surface area contributed by atoms with E-state index < -0.39 is 17.7 Å². The minimum absolute atomic E-state index is 0.167. The number of hydrogen-bond acceptors (Lipinski definition) is 6. The van der Waals surface area contributed by atoms with Crippen molar-refractivity contribution < 1.29 is 24.2 Å². The van der Waals surface area contributed by atoms with Gasteiger partial charge in [-0.15, -0.1) is 0 Å². The number of aliphatic hydroxyl groups excluding tert-OH is 1. The molecule has 2 heterocycles. The summed E-state index contributed by atoms with van der Waals surface area (Å²) in [7, 11) is 0. The molecule has 1 aromatic carbocycles. The number of nitrogens with zero attached hydrogens (tertiary/aromatic N) is 2. The van der Waals surface area contributed by atoms with Gasteiger partial charge < -0.3 is 19.5 Å². The molecular weight excluding hydrogens is 360 g/mol. The highest BCUT2D eigenvalue weighted by Crippen LogP contribution is 2.38. The van der Waals surface area contributed by atoms with Gasteiger partial charge in [0, 0.05) is 26.2 Å². The average Bonchev–Trinajstić information content (AvgIpc) is 2.95. The molecule has 0 radical (unpaired) electrons. The van der Waals surface area contributed by atoms with Crippen LogP contribution in [-0.4, -0.2) is 72.6 Å². The highest BCUT2D eigenvalue weighted by molar-refractivity contribution is 6.08. The van der Waals surface area contributed by atoms with Gasteiger partial charge in [0.05, 0.1) is 31.4 Å². The summed E-state index contributed by atoms with van der Waals surface area (Å²) in [6, 6.07) is 6.77. The van der Waals surface area contributed by atoms with E-state index in [0.29, 0.717) is 13.2 Å². The number of ketones is 1. The van der Waals surface area contributed by atoms with Crippen LogP contribution >= 0.6 is 0 Å². The maximum absolute atomic E-state index is 12.7. The molecule has 0 unspecified atom stereocenters. The van der Waals surface area contributed by atoms with E-state index in [9.17, 15) is 14.7 Å². The van der Waals surface area contributed by atoms with Crippen molar-refractivity contribution in [3.05, 3.63) is 41.2 Å². The Labute approximate surface area is 165 Å². The van der Waals surface area contributed by atoms with Crippen LogP contribution in [0.4, 0.5) is 0 Å².